The summed E-state index contributed by atoms with van der Waals surface area (Å²) in [4.78, 5) is 2.42. The number of hydrogen-bond acceptors (Lipinski definition) is 4. The van der Waals surface area contributed by atoms with Crippen molar-refractivity contribution < 1.29 is 18.3 Å². The third-order valence-electron chi connectivity index (χ3n) is 4.16. The van der Waals surface area contributed by atoms with Crippen molar-refractivity contribution in [3.8, 4) is 5.75 Å². The summed E-state index contributed by atoms with van der Waals surface area (Å²) < 4.78 is 37.7. The van der Waals surface area contributed by atoms with E-state index in [1.54, 1.807) is 0 Å². The van der Waals surface area contributed by atoms with Crippen LogP contribution < -0.4 is 5.32 Å². The Morgan fingerprint density at radius 3 is 2.33 bits per heavy atom. The number of thioether (sulfide) groups is 1. The molecule has 1 aliphatic carbocycles. The molecule has 3 nitrogen and oxygen atoms in total. The predicted molar refractivity (Wildman–Crippen MR) is 94.4 cm³/mol. The molecule has 2 fully saturated rings. The van der Waals surface area contributed by atoms with E-state index in [-0.39, 0.29) is 53.3 Å². The minimum Gasteiger partial charge on any atom is -0.508 e. The highest BCUT2D eigenvalue weighted by Crippen LogP contribution is 2.48. The molecule has 1 aliphatic heterocycles. The van der Waals surface area contributed by atoms with Gasteiger partial charge in [0.1, 0.15) is 5.75 Å². The quantitative estimate of drug-likeness (QED) is 0.736. The van der Waals surface area contributed by atoms with Gasteiger partial charge >= 0.3 is 5.51 Å². The highest BCUT2D eigenvalue weighted by Gasteiger charge is 2.38. The Kier molecular flexibility index (Phi) is 8.00. The van der Waals surface area contributed by atoms with E-state index in [2.05, 4.69) is 10.2 Å². The first-order valence-corrected chi connectivity index (χ1v) is 8.29. The molecule has 1 aromatic carbocycles. The lowest BCUT2D eigenvalue weighted by Crippen LogP contribution is -2.45. The van der Waals surface area contributed by atoms with Crippen molar-refractivity contribution >= 4 is 36.6 Å². The summed E-state index contributed by atoms with van der Waals surface area (Å²) in [5, 5.41) is 13.5. The topological polar surface area (TPSA) is 35.5 Å². The first-order chi connectivity index (χ1) is 10.4. The summed E-state index contributed by atoms with van der Waals surface area (Å²) in [6.07, 6.45) is 2.15. The molecule has 1 saturated heterocycles. The molecule has 1 atom stereocenters. The van der Waals surface area contributed by atoms with E-state index in [4.69, 9.17) is 0 Å². The summed E-state index contributed by atoms with van der Waals surface area (Å²) in [6, 6.07) is 4.26. The molecule has 0 amide bonds. The van der Waals surface area contributed by atoms with Crippen LogP contribution in [0, 0.1) is 5.92 Å². The lowest BCUT2D eigenvalue weighted by molar-refractivity contribution is -0.0328. The van der Waals surface area contributed by atoms with Crippen LogP contribution >= 0.6 is 36.6 Å². The minimum atomic E-state index is -4.31. The number of halogens is 5. The zero-order valence-electron chi connectivity index (χ0n) is 12.9. The molecule has 0 radical (unpaired) electrons. The van der Waals surface area contributed by atoms with Gasteiger partial charge in [0, 0.05) is 42.7 Å². The maximum absolute atomic E-state index is 12.6. The Balaban J connectivity index is 0.00000144. The molecule has 24 heavy (non-hydrogen) atoms. The van der Waals surface area contributed by atoms with Gasteiger partial charge in [-0.25, -0.2) is 0 Å². The van der Waals surface area contributed by atoms with Crippen LogP contribution in [0.15, 0.2) is 23.1 Å². The number of aromatic hydroxyl groups is 1. The van der Waals surface area contributed by atoms with E-state index in [1.165, 1.54) is 18.2 Å². The van der Waals surface area contributed by atoms with E-state index < -0.39 is 5.51 Å². The number of phenolic OH excluding ortho intramolecular Hbond substituents is 1. The van der Waals surface area contributed by atoms with Gasteiger partial charge in [-0.05, 0) is 48.7 Å². The zero-order chi connectivity index (χ0) is 15.7. The first-order valence-electron chi connectivity index (χ1n) is 7.47. The molecular weight excluding hydrogens is 384 g/mol. The molecule has 0 unspecified atom stereocenters. The van der Waals surface area contributed by atoms with Crippen molar-refractivity contribution in [2.75, 3.05) is 26.2 Å². The van der Waals surface area contributed by atoms with Crippen molar-refractivity contribution in [1.29, 1.82) is 0 Å². The van der Waals surface area contributed by atoms with Crippen LogP contribution in [0.1, 0.15) is 24.4 Å². The Hall–Kier alpha value is -0.340. The molecule has 0 aromatic heterocycles. The van der Waals surface area contributed by atoms with Gasteiger partial charge in [0.15, 0.2) is 0 Å². The van der Waals surface area contributed by atoms with Crippen molar-refractivity contribution in [2.24, 2.45) is 5.92 Å². The molecule has 2 N–H and O–H groups in total. The number of piperazine rings is 1. The second-order valence-corrected chi connectivity index (χ2v) is 6.98. The van der Waals surface area contributed by atoms with Crippen LogP contribution in [0.5, 0.6) is 5.75 Å². The van der Waals surface area contributed by atoms with Gasteiger partial charge in [0.2, 0.25) is 0 Å². The van der Waals surface area contributed by atoms with E-state index in [0.717, 1.165) is 39.0 Å². The van der Waals surface area contributed by atoms with Crippen LogP contribution in [-0.4, -0.2) is 41.7 Å². The number of rotatable bonds is 4. The molecule has 1 heterocycles. The number of nitrogens with one attached hydrogen (secondary N) is 1. The number of hydrogen-bond donors (Lipinski definition) is 2. The third-order valence-corrected chi connectivity index (χ3v) is 4.89. The van der Waals surface area contributed by atoms with Crippen molar-refractivity contribution in [2.45, 2.75) is 29.3 Å². The molecule has 0 spiro atoms. The first kappa shape index (κ1) is 21.7. The second-order valence-electron chi connectivity index (χ2n) is 5.84. The maximum atomic E-state index is 12.6. The summed E-state index contributed by atoms with van der Waals surface area (Å²) in [7, 11) is 0. The summed E-state index contributed by atoms with van der Waals surface area (Å²) in [6.45, 7) is 3.47. The molecule has 9 heteroatoms. The fourth-order valence-corrected chi connectivity index (χ4v) is 3.68. The van der Waals surface area contributed by atoms with Gasteiger partial charge in [0.25, 0.3) is 0 Å². The number of benzene rings is 1. The summed E-state index contributed by atoms with van der Waals surface area (Å²) in [5.74, 6) is 0.539. The number of phenols is 1. The minimum absolute atomic E-state index is 0. The smallest absolute Gasteiger partial charge is 0.446 e. The normalized spacial score (nSPS) is 20.0. The molecule has 0 bridgehead atoms. The van der Waals surface area contributed by atoms with Crippen molar-refractivity contribution in [3.63, 3.8) is 0 Å². The SMILES string of the molecule is Cl.Cl.Oc1ccc(SC(F)(F)F)cc1[C@H](C1CC1)N1CCNCC1. The molecule has 138 valence electrons. The lowest BCUT2D eigenvalue weighted by atomic mass is 9.99. The lowest BCUT2D eigenvalue weighted by Gasteiger charge is -2.36. The van der Waals surface area contributed by atoms with E-state index in [1.807, 2.05) is 0 Å². The van der Waals surface area contributed by atoms with Gasteiger partial charge < -0.3 is 10.4 Å². The number of nitrogens with zero attached hydrogens (tertiary/aromatic N) is 1. The van der Waals surface area contributed by atoms with Crippen molar-refractivity contribution in [1.82, 2.24) is 10.2 Å². The Morgan fingerprint density at radius 2 is 1.79 bits per heavy atom. The third kappa shape index (κ3) is 5.59. The average Bonchev–Trinajstić information content (AvgIpc) is 3.27. The highest BCUT2D eigenvalue weighted by molar-refractivity contribution is 8.00. The maximum Gasteiger partial charge on any atom is 0.446 e. The molecule has 3 rings (SSSR count). The van der Waals surface area contributed by atoms with E-state index >= 15 is 0 Å². The van der Waals surface area contributed by atoms with Crippen LogP contribution in [-0.2, 0) is 0 Å². The van der Waals surface area contributed by atoms with Crippen LogP contribution in [0.4, 0.5) is 13.2 Å². The largest absolute Gasteiger partial charge is 0.508 e. The van der Waals surface area contributed by atoms with Crippen LogP contribution in [0.25, 0.3) is 0 Å². The molecular formula is C15H21Cl2F3N2OS. The van der Waals surface area contributed by atoms with E-state index in [0.29, 0.717) is 11.5 Å². The average molecular weight is 405 g/mol. The van der Waals surface area contributed by atoms with Gasteiger partial charge in [-0.2, -0.15) is 13.2 Å². The predicted octanol–water partition coefficient (Wildman–Crippen LogP) is 4.20. The fraction of sp³-hybridized carbons (Fsp3) is 0.600. The molecule has 1 saturated carbocycles. The monoisotopic (exact) mass is 404 g/mol. The van der Waals surface area contributed by atoms with E-state index in [9.17, 15) is 18.3 Å². The van der Waals surface area contributed by atoms with Gasteiger partial charge in [-0.15, -0.1) is 24.8 Å². The van der Waals surface area contributed by atoms with Gasteiger partial charge in [-0.3, -0.25) is 4.90 Å². The molecule has 1 aromatic rings. The van der Waals surface area contributed by atoms with Gasteiger partial charge in [0.05, 0.1) is 0 Å². The zero-order valence-corrected chi connectivity index (χ0v) is 15.3. The van der Waals surface area contributed by atoms with Gasteiger partial charge in [-0.1, -0.05) is 0 Å². The van der Waals surface area contributed by atoms with Crippen molar-refractivity contribution in [3.05, 3.63) is 23.8 Å². The molecule has 2 aliphatic rings. The van der Waals surface area contributed by atoms with Crippen LogP contribution in [0.3, 0.4) is 0 Å². The standard InChI is InChI=1S/C15H19F3N2OS.2ClH/c16-15(17,18)22-11-3-4-13(21)12(9-11)14(10-1-2-10)20-7-5-19-6-8-20;;/h3-4,9-10,14,19,21H,1-2,5-8H2;2*1H/t14-;;/m0../s1. The van der Waals surface area contributed by atoms with Crippen LogP contribution in [0.2, 0.25) is 0 Å². The second kappa shape index (κ2) is 8.85. The Labute approximate surface area is 156 Å². The number of alkyl halides is 3. The Bertz CT molecular complexity index is 538. The summed E-state index contributed by atoms with van der Waals surface area (Å²) >= 11 is -0.122. The summed E-state index contributed by atoms with van der Waals surface area (Å²) in [5.41, 5.74) is -3.67. The fourth-order valence-electron chi connectivity index (χ4n) is 3.09. The Morgan fingerprint density at radius 1 is 1.17 bits per heavy atom. The highest BCUT2D eigenvalue weighted by atomic mass is 35.5.